The fourth-order valence-electron chi connectivity index (χ4n) is 2.72. The third-order valence-corrected chi connectivity index (χ3v) is 3.76. The van der Waals surface area contributed by atoms with Crippen molar-refractivity contribution in [3.05, 3.63) is 0 Å². The first-order valence-electron chi connectivity index (χ1n) is 6.74. The van der Waals surface area contributed by atoms with Crippen LogP contribution in [-0.2, 0) is 0 Å². The highest BCUT2D eigenvalue weighted by molar-refractivity contribution is 4.91. The Balaban J connectivity index is 2.58. The van der Waals surface area contributed by atoms with Crippen molar-refractivity contribution in [3.63, 3.8) is 0 Å². The predicted octanol–water partition coefficient (Wildman–Crippen LogP) is 2.62. The summed E-state index contributed by atoms with van der Waals surface area (Å²) in [6.07, 6.45) is 6.59. The van der Waals surface area contributed by atoms with Gasteiger partial charge in [0.25, 0.3) is 0 Å². The number of nitrogens with two attached hydrogens (primary N) is 1. The zero-order valence-corrected chi connectivity index (χ0v) is 10.7. The zero-order valence-electron chi connectivity index (χ0n) is 10.7. The van der Waals surface area contributed by atoms with Gasteiger partial charge < -0.3 is 5.73 Å². The third-order valence-electron chi connectivity index (χ3n) is 3.76. The van der Waals surface area contributed by atoms with Crippen LogP contribution in [0.1, 0.15) is 52.9 Å². The molecule has 0 heterocycles. The molecule has 0 aromatic heterocycles. The molecule has 1 atom stereocenters. The van der Waals surface area contributed by atoms with E-state index in [0.29, 0.717) is 6.04 Å². The minimum Gasteiger partial charge on any atom is -0.329 e. The van der Waals surface area contributed by atoms with Gasteiger partial charge in [-0.05, 0) is 31.7 Å². The van der Waals surface area contributed by atoms with Gasteiger partial charge in [-0.1, -0.05) is 33.6 Å². The maximum absolute atomic E-state index is 5.98. The molecule has 0 radical (unpaired) electrons. The fraction of sp³-hybridized carbons (Fsp3) is 1.00. The number of hydrogen-bond acceptors (Lipinski definition) is 2. The van der Waals surface area contributed by atoms with Crippen molar-refractivity contribution < 1.29 is 0 Å². The van der Waals surface area contributed by atoms with E-state index in [1.807, 2.05) is 0 Å². The van der Waals surface area contributed by atoms with E-state index < -0.39 is 0 Å². The van der Waals surface area contributed by atoms with Crippen LogP contribution in [0.25, 0.3) is 0 Å². The van der Waals surface area contributed by atoms with Crippen molar-refractivity contribution in [1.82, 2.24) is 4.90 Å². The van der Waals surface area contributed by atoms with Crippen LogP contribution in [0.3, 0.4) is 0 Å². The SMILES string of the molecule is CCCN(C1CC1)C(CN)C(CC)CC. The van der Waals surface area contributed by atoms with Crippen molar-refractivity contribution in [2.75, 3.05) is 13.1 Å². The summed E-state index contributed by atoms with van der Waals surface area (Å²) in [5.74, 6) is 0.794. The quantitative estimate of drug-likeness (QED) is 0.670. The summed E-state index contributed by atoms with van der Waals surface area (Å²) in [6, 6.07) is 1.49. The minimum absolute atomic E-state index is 0.632. The highest BCUT2D eigenvalue weighted by Gasteiger charge is 2.35. The van der Waals surface area contributed by atoms with E-state index in [1.54, 1.807) is 0 Å². The Hall–Kier alpha value is -0.0800. The van der Waals surface area contributed by atoms with Crippen LogP contribution >= 0.6 is 0 Å². The van der Waals surface area contributed by atoms with Crippen molar-refractivity contribution in [1.29, 1.82) is 0 Å². The summed E-state index contributed by atoms with van der Waals surface area (Å²) < 4.78 is 0. The number of hydrogen-bond donors (Lipinski definition) is 1. The molecule has 0 saturated heterocycles. The molecule has 0 spiro atoms. The first-order valence-corrected chi connectivity index (χ1v) is 6.74. The Morgan fingerprint density at radius 3 is 2.13 bits per heavy atom. The van der Waals surface area contributed by atoms with E-state index >= 15 is 0 Å². The molecule has 0 amide bonds. The largest absolute Gasteiger partial charge is 0.329 e. The van der Waals surface area contributed by atoms with Gasteiger partial charge in [0.2, 0.25) is 0 Å². The Bertz CT molecular complexity index is 162. The molecule has 1 saturated carbocycles. The molecule has 1 rings (SSSR count). The Kier molecular flexibility index (Phi) is 5.62. The maximum Gasteiger partial charge on any atom is 0.0249 e. The summed E-state index contributed by atoms with van der Waals surface area (Å²) in [6.45, 7) is 8.95. The summed E-state index contributed by atoms with van der Waals surface area (Å²) >= 11 is 0. The second-order valence-electron chi connectivity index (χ2n) is 4.85. The standard InChI is InChI=1S/C13H28N2/c1-4-9-15(12-7-8-12)13(10-14)11(5-2)6-3/h11-13H,4-10,14H2,1-3H3. The second-order valence-corrected chi connectivity index (χ2v) is 4.85. The van der Waals surface area contributed by atoms with E-state index in [-0.39, 0.29) is 0 Å². The lowest BCUT2D eigenvalue weighted by molar-refractivity contribution is 0.131. The van der Waals surface area contributed by atoms with Gasteiger partial charge in [-0.25, -0.2) is 0 Å². The second kappa shape index (κ2) is 6.49. The van der Waals surface area contributed by atoms with E-state index in [1.165, 1.54) is 38.6 Å². The van der Waals surface area contributed by atoms with E-state index in [2.05, 4.69) is 25.7 Å². The summed E-state index contributed by atoms with van der Waals surface area (Å²) in [7, 11) is 0. The van der Waals surface area contributed by atoms with Crippen LogP contribution in [0.4, 0.5) is 0 Å². The zero-order chi connectivity index (χ0) is 11.3. The van der Waals surface area contributed by atoms with Crippen molar-refractivity contribution >= 4 is 0 Å². The molecule has 1 aliphatic rings. The van der Waals surface area contributed by atoms with Crippen molar-refractivity contribution in [2.45, 2.75) is 65.0 Å². The Labute approximate surface area is 95.2 Å². The first kappa shape index (κ1) is 13.0. The lowest BCUT2D eigenvalue weighted by atomic mass is 9.92. The monoisotopic (exact) mass is 212 g/mol. The predicted molar refractivity (Wildman–Crippen MR) is 66.9 cm³/mol. The maximum atomic E-state index is 5.98. The van der Waals surface area contributed by atoms with Crippen LogP contribution < -0.4 is 5.73 Å². The van der Waals surface area contributed by atoms with Gasteiger partial charge in [-0.15, -0.1) is 0 Å². The number of nitrogens with zero attached hydrogens (tertiary/aromatic N) is 1. The minimum atomic E-state index is 0.632. The van der Waals surface area contributed by atoms with Gasteiger partial charge in [0.05, 0.1) is 0 Å². The highest BCUT2D eigenvalue weighted by atomic mass is 15.2. The molecule has 90 valence electrons. The molecule has 1 fully saturated rings. The molecular weight excluding hydrogens is 184 g/mol. The first-order chi connectivity index (χ1) is 7.28. The van der Waals surface area contributed by atoms with Crippen LogP contribution in [0.2, 0.25) is 0 Å². The van der Waals surface area contributed by atoms with Gasteiger partial charge in [0.1, 0.15) is 0 Å². The molecule has 2 nitrogen and oxygen atoms in total. The molecule has 0 aromatic rings. The normalized spacial score (nSPS) is 18.8. The molecule has 0 aromatic carbocycles. The fourth-order valence-corrected chi connectivity index (χ4v) is 2.72. The van der Waals surface area contributed by atoms with Gasteiger partial charge in [0.15, 0.2) is 0 Å². The van der Waals surface area contributed by atoms with E-state index in [9.17, 15) is 0 Å². The summed E-state index contributed by atoms with van der Waals surface area (Å²) in [5, 5.41) is 0. The Morgan fingerprint density at radius 1 is 1.20 bits per heavy atom. The third kappa shape index (κ3) is 3.46. The molecule has 2 heteroatoms. The van der Waals surface area contributed by atoms with Gasteiger partial charge in [0, 0.05) is 18.6 Å². The summed E-state index contributed by atoms with van der Waals surface area (Å²) in [5.41, 5.74) is 5.98. The molecule has 0 aliphatic heterocycles. The number of rotatable bonds is 8. The smallest absolute Gasteiger partial charge is 0.0249 e. The molecule has 1 aliphatic carbocycles. The topological polar surface area (TPSA) is 29.3 Å². The average molecular weight is 212 g/mol. The molecule has 15 heavy (non-hydrogen) atoms. The van der Waals surface area contributed by atoms with E-state index in [4.69, 9.17) is 5.73 Å². The molecule has 1 unspecified atom stereocenters. The molecule has 2 N–H and O–H groups in total. The van der Waals surface area contributed by atoms with Crippen LogP contribution in [0.15, 0.2) is 0 Å². The highest BCUT2D eigenvalue weighted by Crippen LogP contribution is 2.32. The lowest BCUT2D eigenvalue weighted by Gasteiger charge is -2.36. The average Bonchev–Trinajstić information content (AvgIpc) is 3.07. The molecular formula is C13H28N2. The summed E-state index contributed by atoms with van der Waals surface area (Å²) in [4.78, 5) is 2.69. The van der Waals surface area contributed by atoms with Gasteiger partial charge in [-0.3, -0.25) is 4.90 Å². The Morgan fingerprint density at radius 2 is 1.80 bits per heavy atom. The van der Waals surface area contributed by atoms with Gasteiger partial charge in [-0.2, -0.15) is 0 Å². The lowest BCUT2D eigenvalue weighted by Crippen LogP contribution is -2.47. The van der Waals surface area contributed by atoms with Crippen LogP contribution in [0, 0.1) is 5.92 Å². The van der Waals surface area contributed by atoms with Crippen molar-refractivity contribution in [3.8, 4) is 0 Å². The van der Waals surface area contributed by atoms with E-state index in [0.717, 1.165) is 18.5 Å². The van der Waals surface area contributed by atoms with Crippen molar-refractivity contribution in [2.24, 2.45) is 11.7 Å². The van der Waals surface area contributed by atoms with Crippen LogP contribution in [-0.4, -0.2) is 30.1 Å². The van der Waals surface area contributed by atoms with Crippen LogP contribution in [0.5, 0.6) is 0 Å². The molecule has 0 bridgehead atoms. The van der Waals surface area contributed by atoms with Gasteiger partial charge >= 0.3 is 0 Å².